The number of rotatable bonds is 7. The number of nitrogens with one attached hydrogen (secondary N) is 1. The minimum Gasteiger partial charge on any atom is -0.317 e. The molecule has 0 aromatic rings. The van der Waals surface area contributed by atoms with E-state index < -0.39 is 0 Å². The van der Waals surface area contributed by atoms with Crippen molar-refractivity contribution in [3.05, 3.63) is 0 Å². The first-order valence-electron chi connectivity index (χ1n) is 5.76. The third kappa shape index (κ3) is 5.24. The molecule has 2 heteroatoms. The fourth-order valence-corrected chi connectivity index (χ4v) is 1.55. The topological polar surface area (TPSA) is 35.8 Å². The van der Waals surface area contributed by atoms with Crippen molar-refractivity contribution in [3.63, 3.8) is 0 Å². The van der Waals surface area contributed by atoms with Gasteiger partial charge in [-0.25, -0.2) is 0 Å². The Hall–Kier alpha value is -0.550. The van der Waals surface area contributed by atoms with Crippen molar-refractivity contribution in [2.45, 2.75) is 46.0 Å². The molecule has 0 radical (unpaired) electrons. The smallest absolute Gasteiger partial charge is 0.0683 e. The van der Waals surface area contributed by atoms with Gasteiger partial charge in [0.1, 0.15) is 0 Å². The van der Waals surface area contributed by atoms with Gasteiger partial charge in [-0.15, -0.1) is 0 Å². The average molecular weight is 194 g/mol. The van der Waals surface area contributed by atoms with E-state index in [0.29, 0.717) is 0 Å². The molecule has 80 valence electrons. The largest absolute Gasteiger partial charge is 0.317 e. The normalized spacial score (nSPS) is 16.6. The molecular weight excluding hydrogens is 172 g/mol. The standard InChI is InChI=1S/C12H22N2/c1-12(2,10-13)7-3-8-14-9-6-11-4-5-11/h11,14H,3-9H2,1-2H3. The molecular formula is C12H22N2. The summed E-state index contributed by atoms with van der Waals surface area (Å²) in [5.41, 5.74) is -0.141. The number of hydrogen-bond donors (Lipinski definition) is 1. The molecule has 1 saturated carbocycles. The molecule has 0 aliphatic heterocycles. The molecule has 2 nitrogen and oxygen atoms in total. The molecule has 0 aromatic carbocycles. The minimum atomic E-state index is -0.141. The van der Waals surface area contributed by atoms with Crippen LogP contribution in [-0.2, 0) is 0 Å². The van der Waals surface area contributed by atoms with Gasteiger partial charge in [0.05, 0.1) is 11.5 Å². The number of nitrogens with zero attached hydrogens (tertiary/aromatic N) is 1. The lowest BCUT2D eigenvalue weighted by Crippen LogP contribution is -2.19. The Morgan fingerprint density at radius 1 is 1.36 bits per heavy atom. The van der Waals surface area contributed by atoms with Crippen LogP contribution in [-0.4, -0.2) is 13.1 Å². The SMILES string of the molecule is CC(C)(C#N)CCCNCCC1CC1. The van der Waals surface area contributed by atoms with Crippen LogP contribution in [0.25, 0.3) is 0 Å². The summed E-state index contributed by atoms with van der Waals surface area (Å²) in [4.78, 5) is 0. The van der Waals surface area contributed by atoms with Crippen molar-refractivity contribution in [2.75, 3.05) is 13.1 Å². The molecule has 0 spiro atoms. The van der Waals surface area contributed by atoms with Gasteiger partial charge < -0.3 is 5.32 Å². The third-order valence-corrected chi connectivity index (χ3v) is 2.88. The summed E-state index contributed by atoms with van der Waals surface area (Å²) in [6.45, 7) is 6.25. The zero-order valence-electron chi connectivity index (χ0n) is 9.47. The van der Waals surface area contributed by atoms with Crippen molar-refractivity contribution < 1.29 is 0 Å². The van der Waals surface area contributed by atoms with Crippen molar-refractivity contribution >= 4 is 0 Å². The van der Waals surface area contributed by atoms with E-state index in [1.54, 1.807) is 0 Å². The molecule has 0 atom stereocenters. The lowest BCUT2D eigenvalue weighted by atomic mass is 9.90. The van der Waals surface area contributed by atoms with E-state index in [4.69, 9.17) is 5.26 Å². The van der Waals surface area contributed by atoms with Gasteiger partial charge >= 0.3 is 0 Å². The molecule has 0 aromatic heterocycles. The summed E-state index contributed by atoms with van der Waals surface area (Å²) in [6, 6.07) is 2.33. The molecule has 1 fully saturated rings. The zero-order valence-corrected chi connectivity index (χ0v) is 9.47. The lowest BCUT2D eigenvalue weighted by molar-refractivity contribution is 0.424. The predicted molar refractivity (Wildman–Crippen MR) is 58.8 cm³/mol. The lowest BCUT2D eigenvalue weighted by Gasteiger charge is -2.14. The van der Waals surface area contributed by atoms with Crippen LogP contribution in [0.4, 0.5) is 0 Å². The summed E-state index contributed by atoms with van der Waals surface area (Å²) in [7, 11) is 0. The first kappa shape index (κ1) is 11.5. The summed E-state index contributed by atoms with van der Waals surface area (Å²) in [5.74, 6) is 1.03. The van der Waals surface area contributed by atoms with Crippen LogP contribution in [0, 0.1) is 22.7 Å². The van der Waals surface area contributed by atoms with E-state index in [0.717, 1.165) is 31.8 Å². The fraction of sp³-hybridized carbons (Fsp3) is 0.917. The van der Waals surface area contributed by atoms with Gasteiger partial charge in [-0.2, -0.15) is 5.26 Å². The maximum absolute atomic E-state index is 8.81. The Balaban J connectivity index is 1.86. The van der Waals surface area contributed by atoms with Crippen LogP contribution < -0.4 is 5.32 Å². The van der Waals surface area contributed by atoms with Crippen LogP contribution >= 0.6 is 0 Å². The Morgan fingerprint density at radius 3 is 2.64 bits per heavy atom. The van der Waals surface area contributed by atoms with Crippen LogP contribution in [0.5, 0.6) is 0 Å². The van der Waals surface area contributed by atoms with Gasteiger partial charge in [-0.3, -0.25) is 0 Å². The molecule has 1 aliphatic carbocycles. The highest BCUT2D eigenvalue weighted by Crippen LogP contribution is 2.31. The second kappa shape index (κ2) is 5.36. The zero-order chi connectivity index (χ0) is 10.4. The van der Waals surface area contributed by atoms with Gasteiger partial charge in [0.15, 0.2) is 0 Å². The monoisotopic (exact) mass is 194 g/mol. The molecule has 1 N–H and O–H groups in total. The van der Waals surface area contributed by atoms with E-state index in [9.17, 15) is 0 Å². The predicted octanol–water partition coefficient (Wildman–Crippen LogP) is 2.71. The maximum Gasteiger partial charge on any atom is 0.0683 e. The Labute approximate surface area is 87.7 Å². The highest BCUT2D eigenvalue weighted by molar-refractivity contribution is 4.91. The van der Waals surface area contributed by atoms with E-state index >= 15 is 0 Å². The van der Waals surface area contributed by atoms with Gasteiger partial charge in [0, 0.05) is 0 Å². The third-order valence-electron chi connectivity index (χ3n) is 2.88. The van der Waals surface area contributed by atoms with E-state index in [1.165, 1.54) is 19.3 Å². The Bertz CT molecular complexity index is 199. The quantitative estimate of drug-likeness (QED) is 0.632. The van der Waals surface area contributed by atoms with Crippen LogP contribution in [0.3, 0.4) is 0 Å². The van der Waals surface area contributed by atoms with Crippen LogP contribution in [0.2, 0.25) is 0 Å². The van der Waals surface area contributed by atoms with Crippen molar-refractivity contribution in [2.24, 2.45) is 11.3 Å². The highest BCUT2D eigenvalue weighted by Gasteiger charge is 2.20. The number of nitriles is 1. The molecule has 0 bridgehead atoms. The van der Waals surface area contributed by atoms with E-state index in [2.05, 4.69) is 11.4 Å². The second-order valence-electron chi connectivity index (χ2n) is 5.08. The minimum absolute atomic E-state index is 0.141. The van der Waals surface area contributed by atoms with E-state index in [1.807, 2.05) is 13.8 Å². The second-order valence-corrected chi connectivity index (χ2v) is 5.08. The maximum atomic E-state index is 8.81. The van der Waals surface area contributed by atoms with Gasteiger partial charge in [-0.1, -0.05) is 12.8 Å². The summed E-state index contributed by atoms with van der Waals surface area (Å²) in [6.07, 6.45) is 6.36. The molecule has 0 saturated heterocycles. The van der Waals surface area contributed by atoms with Crippen LogP contribution in [0.15, 0.2) is 0 Å². The van der Waals surface area contributed by atoms with E-state index in [-0.39, 0.29) is 5.41 Å². The molecule has 1 rings (SSSR count). The molecule has 14 heavy (non-hydrogen) atoms. The van der Waals surface area contributed by atoms with Crippen LogP contribution in [0.1, 0.15) is 46.0 Å². The van der Waals surface area contributed by atoms with Gasteiger partial charge in [-0.05, 0) is 52.1 Å². The summed E-state index contributed by atoms with van der Waals surface area (Å²) in [5, 5.41) is 12.3. The number of hydrogen-bond acceptors (Lipinski definition) is 2. The Morgan fingerprint density at radius 2 is 2.07 bits per heavy atom. The van der Waals surface area contributed by atoms with Crippen molar-refractivity contribution in [1.29, 1.82) is 5.26 Å². The van der Waals surface area contributed by atoms with Crippen molar-refractivity contribution in [1.82, 2.24) is 5.32 Å². The van der Waals surface area contributed by atoms with Gasteiger partial charge in [0.25, 0.3) is 0 Å². The first-order valence-corrected chi connectivity index (χ1v) is 5.76. The Kier molecular flexibility index (Phi) is 4.41. The summed E-state index contributed by atoms with van der Waals surface area (Å²) < 4.78 is 0. The molecule has 0 heterocycles. The van der Waals surface area contributed by atoms with Gasteiger partial charge in [0.2, 0.25) is 0 Å². The molecule has 0 unspecified atom stereocenters. The van der Waals surface area contributed by atoms with Crippen molar-refractivity contribution in [3.8, 4) is 6.07 Å². The fourth-order valence-electron chi connectivity index (χ4n) is 1.55. The first-order chi connectivity index (χ1) is 6.64. The summed E-state index contributed by atoms with van der Waals surface area (Å²) >= 11 is 0. The molecule has 1 aliphatic rings. The molecule has 0 amide bonds. The highest BCUT2D eigenvalue weighted by atomic mass is 14.8. The average Bonchev–Trinajstić information content (AvgIpc) is 2.95.